The molecule has 3 N–H and O–H groups in total. The van der Waals surface area contributed by atoms with Crippen molar-refractivity contribution in [3.05, 3.63) is 54.4 Å². The highest BCUT2D eigenvalue weighted by atomic mass is 16.5. The first-order chi connectivity index (χ1) is 14.0. The Labute approximate surface area is 166 Å². The molecule has 1 aromatic carbocycles. The Kier molecular flexibility index (Phi) is 4.62. The molecule has 0 amide bonds. The third-order valence-corrected chi connectivity index (χ3v) is 4.08. The molecule has 3 heterocycles. The van der Waals surface area contributed by atoms with E-state index < -0.39 is 5.60 Å². The summed E-state index contributed by atoms with van der Waals surface area (Å²) in [6, 6.07) is 7.57. The van der Waals surface area contributed by atoms with Crippen molar-refractivity contribution in [2.24, 2.45) is 0 Å². The molecule has 0 radical (unpaired) electrons. The van der Waals surface area contributed by atoms with Gasteiger partial charge < -0.3 is 20.0 Å². The van der Waals surface area contributed by atoms with E-state index in [9.17, 15) is 5.11 Å². The van der Waals surface area contributed by atoms with Crippen molar-refractivity contribution in [2.45, 2.75) is 19.4 Å². The highest BCUT2D eigenvalue weighted by molar-refractivity contribution is 5.80. The first-order valence-electron chi connectivity index (χ1n) is 8.87. The summed E-state index contributed by atoms with van der Waals surface area (Å²) in [4.78, 5) is 16.7. The molecule has 0 bridgehead atoms. The molecule has 0 aliphatic carbocycles. The molecule has 1 atom stereocenters. The number of nitrogens with zero attached hydrogens (tertiary/aromatic N) is 5. The van der Waals surface area contributed by atoms with Crippen LogP contribution in [-0.4, -0.2) is 36.2 Å². The zero-order valence-electron chi connectivity index (χ0n) is 15.8. The van der Waals surface area contributed by atoms with Crippen LogP contribution in [0.4, 0.5) is 5.95 Å². The lowest BCUT2D eigenvalue weighted by Gasteiger charge is -2.10. The molecule has 0 aliphatic heterocycles. The van der Waals surface area contributed by atoms with E-state index in [1.54, 1.807) is 16.8 Å². The molecule has 9 heteroatoms. The minimum atomic E-state index is -1.52. The van der Waals surface area contributed by atoms with Crippen LogP contribution in [0.15, 0.2) is 47.3 Å². The number of ether oxygens (including phenoxy) is 1. The highest BCUT2D eigenvalue weighted by Crippen LogP contribution is 2.26. The van der Waals surface area contributed by atoms with Gasteiger partial charge in [0.15, 0.2) is 5.60 Å². The first kappa shape index (κ1) is 18.5. The predicted octanol–water partition coefficient (Wildman–Crippen LogP) is 2.04. The maximum atomic E-state index is 10.5. The number of aliphatic hydroxyl groups is 1. The van der Waals surface area contributed by atoms with Crippen LogP contribution in [0.5, 0.6) is 6.01 Å². The van der Waals surface area contributed by atoms with Gasteiger partial charge in [0.2, 0.25) is 11.8 Å². The van der Waals surface area contributed by atoms with Crippen molar-refractivity contribution >= 4 is 17.0 Å². The van der Waals surface area contributed by atoms with Gasteiger partial charge in [-0.1, -0.05) is 11.8 Å². The Morgan fingerprint density at radius 1 is 1.24 bits per heavy atom. The molecule has 0 saturated heterocycles. The van der Waals surface area contributed by atoms with E-state index in [1.807, 2.05) is 25.1 Å². The minimum Gasteiger partial charge on any atom is -0.465 e. The quantitative estimate of drug-likeness (QED) is 0.507. The molecule has 0 aliphatic rings. The number of anilines is 1. The van der Waals surface area contributed by atoms with Crippen LogP contribution in [0.3, 0.4) is 0 Å². The lowest BCUT2D eigenvalue weighted by atomic mass is 10.1. The lowest BCUT2D eigenvalue weighted by Crippen LogP contribution is -2.18. The molecular formula is C20H18N6O3. The van der Waals surface area contributed by atoms with Gasteiger partial charge in [0.05, 0.1) is 23.8 Å². The predicted molar refractivity (Wildman–Crippen MR) is 105 cm³/mol. The van der Waals surface area contributed by atoms with Gasteiger partial charge in [-0.05, 0) is 32.0 Å². The van der Waals surface area contributed by atoms with Gasteiger partial charge in [0, 0.05) is 17.8 Å². The smallest absolute Gasteiger partial charge is 0.303 e. The number of nitrogens with two attached hydrogens (primary N) is 1. The third kappa shape index (κ3) is 3.61. The van der Waals surface area contributed by atoms with E-state index in [4.69, 9.17) is 14.9 Å². The molecular weight excluding hydrogens is 372 g/mol. The number of aromatic nitrogens is 5. The molecule has 9 nitrogen and oxygen atoms in total. The highest BCUT2D eigenvalue weighted by Gasteiger charge is 2.25. The molecule has 4 aromatic rings. The maximum absolute atomic E-state index is 10.5. The van der Waals surface area contributed by atoms with Gasteiger partial charge in [-0.25, -0.2) is 14.5 Å². The fraction of sp³-hybridized carbons (Fsp3) is 0.200. The van der Waals surface area contributed by atoms with Crippen molar-refractivity contribution in [3.63, 3.8) is 0 Å². The van der Waals surface area contributed by atoms with Crippen LogP contribution in [0, 0.1) is 11.8 Å². The molecule has 3 aromatic heterocycles. The Hall–Kier alpha value is -3.90. The summed E-state index contributed by atoms with van der Waals surface area (Å²) in [5.41, 5.74) is 6.32. The van der Waals surface area contributed by atoms with Crippen molar-refractivity contribution in [1.29, 1.82) is 0 Å². The number of fused-ring (bicyclic) bond motifs is 1. The summed E-state index contributed by atoms with van der Waals surface area (Å²) < 4.78 is 12.6. The largest absolute Gasteiger partial charge is 0.465 e. The standard InChI is InChI=1S/C20H18N6O3/c1-3-28-19-24-14-5-4-13(6-8-20(2,27)17-22-10-11-29-17)12-15(14)26(19)16-7-9-23-18(21)25-16/h4-5,7,9-12,27H,3H2,1-2H3,(H2,21,23,25). The van der Waals surface area contributed by atoms with Crippen molar-refractivity contribution in [3.8, 4) is 23.7 Å². The zero-order valence-corrected chi connectivity index (χ0v) is 15.8. The summed E-state index contributed by atoms with van der Waals surface area (Å²) in [5.74, 6) is 6.54. The average molecular weight is 390 g/mol. The van der Waals surface area contributed by atoms with Gasteiger partial charge in [0.1, 0.15) is 12.1 Å². The van der Waals surface area contributed by atoms with Gasteiger partial charge in [-0.2, -0.15) is 9.97 Å². The van der Waals surface area contributed by atoms with Crippen LogP contribution in [-0.2, 0) is 5.60 Å². The Morgan fingerprint density at radius 2 is 2.10 bits per heavy atom. The van der Waals surface area contributed by atoms with E-state index in [2.05, 4.69) is 31.8 Å². The van der Waals surface area contributed by atoms with E-state index >= 15 is 0 Å². The average Bonchev–Trinajstić information content (AvgIpc) is 3.35. The van der Waals surface area contributed by atoms with Gasteiger partial charge in [-0.15, -0.1) is 0 Å². The lowest BCUT2D eigenvalue weighted by molar-refractivity contribution is 0.0893. The number of hydrogen-bond donors (Lipinski definition) is 2. The molecule has 0 fully saturated rings. The van der Waals surface area contributed by atoms with E-state index in [1.165, 1.54) is 19.4 Å². The van der Waals surface area contributed by atoms with Gasteiger partial charge in [-0.3, -0.25) is 0 Å². The number of nitrogen functional groups attached to an aromatic ring is 1. The zero-order chi connectivity index (χ0) is 20.4. The van der Waals surface area contributed by atoms with Crippen LogP contribution < -0.4 is 10.5 Å². The molecule has 4 rings (SSSR count). The topological polar surface area (TPSA) is 125 Å². The Balaban J connectivity index is 1.82. The van der Waals surface area contributed by atoms with E-state index in [0.717, 1.165) is 5.52 Å². The third-order valence-electron chi connectivity index (χ3n) is 4.08. The number of benzene rings is 1. The SMILES string of the molecule is CCOc1nc2ccc(C#CC(C)(O)c3ncco3)cc2n1-c1ccnc(N)n1. The summed E-state index contributed by atoms with van der Waals surface area (Å²) >= 11 is 0. The van der Waals surface area contributed by atoms with Crippen molar-refractivity contribution < 1.29 is 14.3 Å². The van der Waals surface area contributed by atoms with E-state index in [-0.39, 0.29) is 11.8 Å². The Bertz CT molecular complexity index is 1220. The van der Waals surface area contributed by atoms with Crippen molar-refractivity contribution in [2.75, 3.05) is 12.3 Å². The van der Waals surface area contributed by atoms with Crippen LogP contribution >= 0.6 is 0 Å². The second-order valence-corrected chi connectivity index (χ2v) is 6.30. The summed E-state index contributed by atoms with van der Waals surface area (Å²) in [7, 11) is 0. The number of hydrogen-bond acceptors (Lipinski definition) is 8. The minimum absolute atomic E-state index is 0.131. The van der Waals surface area contributed by atoms with Crippen LogP contribution in [0.1, 0.15) is 25.3 Å². The first-order valence-corrected chi connectivity index (χ1v) is 8.87. The second-order valence-electron chi connectivity index (χ2n) is 6.30. The monoisotopic (exact) mass is 390 g/mol. The van der Waals surface area contributed by atoms with E-state index in [0.29, 0.717) is 29.5 Å². The van der Waals surface area contributed by atoms with Gasteiger partial charge in [0.25, 0.3) is 0 Å². The second kappa shape index (κ2) is 7.26. The molecule has 1 unspecified atom stereocenters. The summed E-state index contributed by atoms with van der Waals surface area (Å²) in [6.07, 6.45) is 4.41. The molecule has 0 saturated carbocycles. The molecule has 0 spiro atoms. The maximum Gasteiger partial charge on any atom is 0.303 e. The van der Waals surface area contributed by atoms with Crippen LogP contribution in [0.25, 0.3) is 16.9 Å². The normalized spacial score (nSPS) is 12.9. The summed E-state index contributed by atoms with van der Waals surface area (Å²) in [5, 5.41) is 10.5. The fourth-order valence-electron chi connectivity index (χ4n) is 2.78. The number of oxazole rings is 1. The molecule has 29 heavy (non-hydrogen) atoms. The van der Waals surface area contributed by atoms with Crippen LogP contribution in [0.2, 0.25) is 0 Å². The molecule has 146 valence electrons. The fourth-order valence-corrected chi connectivity index (χ4v) is 2.78. The number of rotatable bonds is 4. The Morgan fingerprint density at radius 3 is 2.83 bits per heavy atom. The summed E-state index contributed by atoms with van der Waals surface area (Å²) in [6.45, 7) is 3.83. The van der Waals surface area contributed by atoms with Gasteiger partial charge >= 0.3 is 6.01 Å². The number of imidazole rings is 1. The van der Waals surface area contributed by atoms with Crippen molar-refractivity contribution in [1.82, 2.24) is 24.5 Å².